The van der Waals surface area contributed by atoms with Gasteiger partial charge in [-0.2, -0.15) is 0 Å². The van der Waals surface area contributed by atoms with Crippen LogP contribution in [0.4, 0.5) is 5.95 Å². The first-order chi connectivity index (χ1) is 8.22. The lowest BCUT2D eigenvalue weighted by Gasteiger charge is -2.07. The summed E-state index contributed by atoms with van der Waals surface area (Å²) in [6.07, 6.45) is 5.70. The maximum atomic E-state index is 5.45. The van der Waals surface area contributed by atoms with Gasteiger partial charge in [-0.15, -0.1) is 0 Å². The summed E-state index contributed by atoms with van der Waals surface area (Å²) < 4.78 is 10.4. The predicted octanol–water partition coefficient (Wildman–Crippen LogP) is 2.10. The molecule has 0 spiro atoms. The number of rotatable bonds is 8. The van der Waals surface area contributed by atoms with Gasteiger partial charge in [0.2, 0.25) is 5.95 Å². The average Bonchev–Trinajstić information content (AvgIpc) is 2.34. The molecular formula is C12H21N3O2. The summed E-state index contributed by atoms with van der Waals surface area (Å²) >= 11 is 0. The molecule has 0 unspecified atom stereocenters. The molecule has 0 aliphatic carbocycles. The van der Waals surface area contributed by atoms with Gasteiger partial charge < -0.3 is 14.8 Å². The van der Waals surface area contributed by atoms with Crippen LogP contribution in [0.15, 0.2) is 12.4 Å². The lowest BCUT2D eigenvalue weighted by atomic mass is 10.3. The minimum atomic E-state index is 0.313. The molecule has 17 heavy (non-hydrogen) atoms. The molecule has 0 aliphatic rings. The van der Waals surface area contributed by atoms with E-state index in [1.54, 1.807) is 19.5 Å². The van der Waals surface area contributed by atoms with Crippen LogP contribution in [0.2, 0.25) is 0 Å². The van der Waals surface area contributed by atoms with Crippen molar-refractivity contribution in [1.82, 2.24) is 9.97 Å². The van der Waals surface area contributed by atoms with Gasteiger partial charge in [0.1, 0.15) is 0 Å². The van der Waals surface area contributed by atoms with Crippen LogP contribution in [-0.4, -0.2) is 36.3 Å². The van der Waals surface area contributed by atoms with Crippen molar-refractivity contribution in [3.63, 3.8) is 0 Å². The van der Waals surface area contributed by atoms with Crippen LogP contribution >= 0.6 is 0 Å². The minimum Gasteiger partial charge on any atom is -0.494 e. The van der Waals surface area contributed by atoms with E-state index in [-0.39, 0.29) is 0 Å². The highest BCUT2D eigenvalue weighted by Crippen LogP contribution is 2.07. The van der Waals surface area contributed by atoms with Crippen LogP contribution in [0.1, 0.15) is 26.7 Å². The third-order valence-corrected chi connectivity index (χ3v) is 2.17. The molecule has 0 saturated carbocycles. The Morgan fingerprint density at radius 3 is 2.53 bits per heavy atom. The Morgan fingerprint density at radius 2 is 1.94 bits per heavy atom. The number of methoxy groups -OCH3 is 1. The van der Waals surface area contributed by atoms with E-state index in [1.807, 2.05) is 13.8 Å². The van der Waals surface area contributed by atoms with Gasteiger partial charge in [0.25, 0.3) is 0 Å². The second kappa shape index (κ2) is 7.84. The third-order valence-electron chi connectivity index (χ3n) is 2.17. The van der Waals surface area contributed by atoms with Crippen molar-refractivity contribution in [2.75, 3.05) is 25.6 Å². The highest BCUT2D eigenvalue weighted by atomic mass is 16.5. The average molecular weight is 239 g/mol. The molecule has 5 heteroatoms. The molecule has 1 aromatic heterocycles. The van der Waals surface area contributed by atoms with Gasteiger partial charge in [-0.05, 0) is 26.7 Å². The largest absolute Gasteiger partial charge is 0.494 e. The SMILES string of the molecule is COc1cnc(NCCCCOC(C)C)nc1. The van der Waals surface area contributed by atoms with E-state index in [1.165, 1.54) is 0 Å². The molecule has 1 aromatic rings. The molecular weight excluding hydrogens is 218 g/mol. The first-order valence-electron chi connectivity index (χ1n) is 5.94. The standard InChI is InChI=1S/C12H21N3O2/c1-10(2)17-7-5-4-6-13-12-14-8-11(16-3)9-15-12/h8-10H,4-7H2,1-3H3,(H,13,14,15). The number of aromatic nitrogens is 2. The number of nitrogens with zero attached hydrogens (tertiary/aromatic N) is 2. The smallest absolute Gasteiger partial charge is 0.222 e. The van der Waals surface area contributed by atoms with E-state index < -0.39 is 0 Å². The molecule has 0 aromatic carbocycles. The third kappa shape index (κ3) is 6.06. The van der Waals surface area contributed by atoms with Crippen molar-refractivity contribution in [2.45, 2.75) is 32.8 Å². The molecule has 0 saturated heterocycles. The Kier molecular flexibility index (Phi) is 6.32. The van der Waals surface area contributed by atoms with Crippen molar-refractivity contribution in [3.05, 3.63) is 12.4 Å². The Bertz CT molecular complexity index is 301. The quantitative estimate of drug-likeness (QED) is 0.704. The Balaban J connectivity index is 2.09. The number of hydrogen-bond acceptors (Lipinski definition) is 5. The van der Waals surface area contributed by atoms with Crippen molar-refractivity contribution < 1.29 is 9.47 Å². The zero-order valence-corrected chi connectivity index (χ0v) is 10.8. The number of nitrogens with one attached hydrogen (secondary N) is 1. The number of anilines is 1. The topological polar surface area (TPSA) is 56.3 Å². The maximum absolute atomic E-state index is 5.45. The minimum absolute atomic E-state index is 0.313. The molecule has 5 nitrogen and oxygen atoms in total. The number of hydrogen-bond donors (Lipinski definition) is 1. The molecule has 0 atom stereocenters. The summed E-state index contributed by atoms with van der Waals surface area (Å²) in [4.78, 5) is 8.23. The van der Waals surface area contributed by atoms with Crippen molar-refractivity contribution in [3.8, 4) is 5.75 Å². The zero-order chi connectivity index (χ0) is 12.5. The van der Waals surface area contributed by atoms with Crippen LogP contribution in [0.25, 0.3) is 0 Å². The Hall–Kier alpha value is -1.36. The summed E-state index contributed by atoms with van der Waals surface area (Å²) in [7, 11) is 1.60. The van der Waals surface area contributed by atoms with E-state index in [0.717, 1.165) is 26.0 Å². The Morgan fingerprint density at radius 1 is 1.24 bits per heavy atom. The van der Waals surface area contributed by atoms with E-state index in [4.69, 9.17) is 9.47 Å². The number of ether oxygens (including phenoxy) is 2. The zero-order valence-electron chi connectivity index (χ0n) is 10.8. The van der Waals surface area contributed by atoms with Crippen LogP contribution in [0.5, 0.6) is 5.75 Å². The van der Waals surface area contributed by atoms with Gasteiger partial charge in [0.05, 0.1) is 25.6 Å². The summed E-state index contributed by atoms with van der Waals surface area (Å²) in [5.74, 6) is 1.30. The second-order valence-corrected chi connectivity index (χ2v) is 4.00. The van der Waals surface area contributed by atoms with Crippen molar-refractivity contribution >= 4 is 5.95 Å². The monoisotopic (exact) mass is 239 g/mol. The fourth-order valence-electron chi connectivity index (χ4n) is 1.26. The molecule has 96 valence electrons. The van der Waals surface area contributed by atoms with Crippen LogP contribution in [-0.2, 0) is 4.74 Å². The van der Waals surface area contributed by atoms with Gasteiger partial charge in [0, 0.05) is 13.2 Å². The van der Waals surface area contributed by atoms with E-state index in [0.29, 0.717) is 17.8 Å². The van der Waals surface area contributed by atoms with E-state index in [2.05, 4.69) is 15.3 Å². The Labute approximate surface area is 103 Å². The summed E-state index contributed by atoms with van der Waals surface area (Å²) in [6.45, 7) is 5.75. The molecule has 0 radical (unpaired) electrons. The fraction of sp³-hybridized carbons (Fsp3) is 0.667. The van der Waals surface area contributed by atoms with Gasteiger partial charge >= 0.3 is 0 Å². The first-order valence-corrected chi connectivity index (χ1v) is 5.94. The van der Waals surface area contributed by atoms with Crippen molar-refractivity contribution in [1.29, 1.82) is 0 Å². The van der Waals surface area contributed by atoms with Crippen LogP contribution < -0.4 is 10.1 Å². The van der Waals surface area contributed by atoms with Gasteiger partial charge in [-0.3, -0.25) is 0 Å². The summed E-state index contributed by atoms with van der Waals surface area (Å²) in [5.41, 5.74) is 0. The second-order valence-electron chi connectivity index (χ2n) is 4.00. The van der Waals surface area contributed by atoms with Gasteiger partial charge in [0.15, 0.2) is 5.75 Å². The van der Waals surface area contributed by atoms with Crippen molar-refractivity contribution in [2.24, 2.45) is 0 Å². The van der Waals surface area contributed by atoms with E-state index in [9.17, 15) is 0 Å². The molecule has 0 bridgehead atoms. The molecule has 0 fully saturated rings. The predicted molar refractivity (Wildman–Crippen MR) is 67.4 cm³/mol. The summed E-state index contributed by atoms with van der Waals surface area (Å²) in [6, 6.07) is 0. The molecule has 1 N–H and O–H groups in total. The summed E-state index contributed by atoms with van der Waals surface area (Å²) in [5, 5.41) is 3.15. The molecule has 0 amide bonds. The highest BCUT2D eigenvalue weighted by molar-refractivity contribution is 5.26. The van der Waals surface area contributed by atoms with Gasteiger partial charge in [-0.1, -0.05) is 0 Å². The molecule has 0 aliphatic heterocycles. The van der Waals surface area contributed by atoms with Crippen LogP contribution in [0.3, 0.4) is 0 Å². The maximum Gasteiger partial charge on any atom is 0.222 e. The van der Waals surface area contributed by atoms with Crippen LogP contribution in [0, 0.1) is 0 Å². The number of unbranched alkanes of at least 4 members (excludes halogenated alkanes) is 1. The first kappa shape index (κ1) is 13.7. The highest BCUT2D eigenvalue weighted by Gasteiger charge is 1.97. The normalized spacial score (nSPS) is 10.6. The lowest BCUT2D eigenvalue weighted by molar-refractivity contribution is 0.0765. The lowest BCUT2D eigenvalue weighted by Crippen LogP contribution is -2.08. The molecule has 1 heterocycles. The van der Waals surface area contributed by atoms with E-state index >= 15 is 0 Å². The fourth-order valence-corrected chi connectivity index (χ4v) is 1.26. The van der Waals surface area contributed by atoms with Gasteiger partial charge in [-0.25, -0.2) is 9.97 Å². The molecule has 1 rings (SSSR count).